The molecule has 0 heterocycles. The fraction of sp³-hybridized carbons (Fsp3) is 1.00. The van der Waals surface area contributed by atoms with Crippen LogP contribution in [0.25, 0.3) is 0 Å². The molecule has 0 saturated heterocycles. The molecule has 0 aromatic rings. The van der Waals surface area contributed by atoms with Gasteiger partial charge in [0.1, 0.15) is 0 Å². The van der Waals surface area contributed by atoms with Gasteiger partial charge in [0.05, 0.1) is 6.10 Å². The molecule has 1 unspecified atom stereocenters. The highest BCUT2D eigenvalue weighted by Gasteiger charge is 2.05. The van der Waals surface area contributed by atoms with Crippen molar-refractivity contribution in [3.05, 3.63) is 0 Å². The first-order valence-corrected chi connectivity index (χ1v) is 2.60. The fourth-order valence-corrected chi connectivity index (χ4v) is 0.272. The molecule has 0 aliphatic carbocycles. The average molecular weight is 124 g/mol. The minimum atomic E-state index is -2.62. The van der Waals surface area contributed by atoms with Crippen molar-refractivity contribution in [2.75, 3.05) is 0 Å². The number of rotatable bonds is 3. The molecule has 0 bridgehead atoms. The Morgan fingerprint density at radius 2 is 2.00 bits per heavy atom. The second-order valence-corrected chi connectivity index (χ2v) is 1.62. The van der Waals surface area contributed by atoms with Crippen molar-refractivity contribution in [2.45, 2.75) is 33.0 Å². The van der Waals surface area contributed by atoms with Crippen LogP contribution in [0, 0.1) is 0 Å². The molecule has 0 rings (SSSR count). The highest BCUT2D eigenvalue weighted by molar-refractivity contribution is 4.41. The monoisotopic (exact) mass is 124 g/mol. The molecule has 0 aliphatic rings. The van der Waals surface area contributed by atoms with Crippen LogP contribution >= 0.6 is 0 Å². The third kappa shape index (κ3) is 3.99. The molecule has 0 spiro atoms. The van der Waals surface area contributed by atoms with E-state index in [0.29, 0.717) is 6.42 Å². The van der Waals surface area contributed by atoms with Gasteiger partial charge in [-0.1, -0.05) is 6.92 Å². The van der Waals surface area contributed by atoms with Gasteiger partial charge in [-0.3, -0.25) is 0 Å². The summed E-state index contributed by atoms with van der Waals surface area (Å²) in [6.45, 7) is 0.795. The Hall–Kier alpha value is -0.180. The van der Waals surface area contributed by atoms with E-state index in [9.17, 15) is 8.78 Å². The Morgan fingerprint density at radius 1 is 1.50 bits per heavy atom. The summed E-state index contributed by atoms with van der Waals surface area (Å²) in [6, 6.07) is 0. The van der Waals surface area contributed by atoms with Gasteiger partial charge >= 0.3 is 6.61 Å². The maximum atomic E-state index is 11.2. The second-order valence-electron chi connectivity index (χ2n) is 1.62. The minimum Gasteiger partial charge on any atom is -0.320 e. The summed E-state index contributed by atoms with van der Waals surface area (Å²) in [5.74, 6) is 0. The van der Waals surface area contributed by atoms with Crippen LogP contribution in [0.4, 0.5) is 8.78 Å². The molecule has 50 valence electrons. The first kappa shape index (κ1) is 7.82. The first-order chi connectivity index (χ1) is 3.66. The van der Waals surface area contributed by atoms with Crippen molar-refractivity contribution in [3.63, 3.8) is 0 Å². The van der Waals surface area contributed by atoms with Gasteiger partial charge in [-0.2, -0.15) is 8.78 Å². The average Bonchev–Trinajstić information content (AvgIpc) is 1.65. The summed E-state index contributed by atoms with van der Waals surface area (Å²) in [6.07, 6.45) is 0.305. The van der Waals surface area contributed by atoms with Crippen LogP contribution in [0.1, 0.15) is 20.3 Å². The van der Waals surface area contributed by atoms with Gasteiger partial charge in [-0.15, -0.1) is 0 Å². The zero-order chi connectivity index (χ0) is 6.57. The number of hydrogen-bond acceptors (Lipinski definition) is 1. The molecule has 0 aromatic carbocycles. The molecule has 3 heteroatoms. The van der Waals surface area contributed by atoms with E-state index >= 15 is 0 Å². The van der Waals surface area contributed by atoms with E-state index in [1.165, 1.54) is 0 Å². The molecular weight excluding hydrogens is 114 g/mol. The highest BCUT2D eigenvalue weighted by atomic mass is 19.3. The lowest BCUT2D eigenvalue weighted by Crippen LogP contribution is -2.10. The molecule has 1 nitrogen and oxygen atoms in total. The van der Waals surface area contributed by atoms with Gasteiger partial charge in [0.25, 0.3) is 0 Å². The van der Waals surface area contributed by atoms with Gasteiger partial charge in [-0.05, 0) is 13.3 Å². The van der Waals surface area contributed by atoms with Crippen LogP contribution in [0.2, 0.25) is 0 Å². The number of hydrogen-bond donors (Lipinski definition) is 0. The van der Waals surface area contributed by atoms with Crippen LogP contribution < -0.4 is 0 Å². The normalized spacial score (nSPS) is 14.6. The van der Waals surface area contributed by atoms with Crippen molar-refractivity contribution in [3.8, 4) is 0 Å². The fourth-order valence-electron chi connectivity index (χ4n) is 0.272. The Kier molecular flexibility index (Phi) is 3.69. The van der Waals surface area contributed by atoms with Crippen molar-refractivity contribution in [2.24, 2.45) is 0 Å². The van der Waals surface area contributed by atoms with Crippen LogP contribution in [0.5, 0.6) is 0 Å². The second kappa shape index (κ2) is 3.78. The van der Waals surface area contributed by atoms with Crippen molar-refractivity contribution in [1.82, 2.24) is 0 Å². The lowest BCUT2D eigenvalue weighted by molar-refractivity contribution is -0.158. The molecule has 0 saturated carbocycles. The van der Waals surface area contributed by atoms with Gasteiger partial charge in [0.2, 0.25) is 0 Å². The molecular formula is C5H10F2O. The lowest BCUT2D eigenvalue weighted by atomic mass is 10.3. The molecule has 0 aromatic heterocycles. The maximum absolute atomic E-state index is 11.2. The number of halogens is 2. The van der Waals surface area contributed by atoms with E-state index in [1.807, 2.05) is 0 Å². The molecule has 0 N–H and O–H groups in total. The van der Waals surface area contributed by atoms with Crippen LogP contribution in [-0.4, -0.2) is 12.7 Å². The van der Waals surface area contributed by atoms with Crippen LogP contribution in [0.3, 0.4) is 0 Å². The number of alkyl halides is 2. The lowest BCUT2D eigenvalue weighted by Gasteiger charge is -2.07. The molecule has 1 atom stereocenters. The number of ether oxygens (including phenoxy) is 1. The Morgan fingerprint density at radius 3 is 2.12 bits per heavy atom. The van der Waals surface area contributed by atoms with E-state index in [1.54, 1.807) is 13.8 Å². The topological polar surface area (TPSA) is 9.23 Å². The zero-order valence-corrected chi connectivity index (χ0v) is 5.03. The molecule has 0 fully saturated rings. The first-order valence-electron chi connectivity index (χ1n) is 2.60. The van der Waals surface area contributed by atoms with Crippen molar-refractivity contribution < 1.29 is 13.5 Å². The minimum absolute atomic E-state index is 0.324. The Labute approximate surface area is 47.6 Å². The van der Waals surface area contributed by atoms with Crippen LogP contribution in [-0.2, 0) is 4.74 Å². The highest BCUT2D eigenvalue weighted by Crippen LogP contribution is 2.02. The summed E-state index contributed by atoms with van der Waals surface area (Å²) < 4.78 is 26.6. The largest absolute Gasteiger partial charge is 0.345 e. The van der Waals surface area contributed by atoms with E-state index < -0.39 is 6.61 Å². The summed E-state index contributed by atoms with van der Waals surface area (Å²) in [4.78, 5) is 0. The third-order valence-electron chi connectivity index (χ3n) is 0.910. The summed E-state index contributed by atoms with van der Waals surface area (Å²) >= 11 is 0. The van der Waals surface area contributed by atoms with Crippen molar-refractivity contribution >= 4 is 0 Å². The van der Waals surface area contributed by atoms with Crippen LogP contribution in [0.15, 0.2) is 0 Å². The van der Waals surface area contributed by atoms with Gasteiger partial charge < -0.3 is 4.74 Å². The van der Waals surface area contributed by atoms with Gasteiger partial charge in [-0.25, -0.2) is 0 Å². The summed E-state index contributed by atoms with van der Waals surface area (Å²) in [5, 5.41) is 0. The molecule has 8 heavy (non-hydrogen) atoms. The van der Waals surface area contributed by atoms with E-state index in [4.69, 9.17) is 0 Å². The Bertz CT molecular complexity index is 56.4. The summed E-state index contributed by atoms with van der Waals surface area (Å²) in [5.41, 5.74) is 0. The van der Waals surface area contributed by atoms with Gasteiger partial charge in [0.15, 0.2) is 0 Å². The quantitative estimate of drug-likeness (QED) is 0.559. The standard InChI is InChI=1S/C5H10F2O/c1-3-4(2)8-5(6)7/h4-5H,3H2,1-2H3. The van der Waals surface area contributed by atoms with Crippen molar-refractivity contribution in [1.29, 1.82) is 0 Å². The molecule has 0 radical (unpaired) electrons. The predicted molar refractivity (Wildman–Crippen MR) is 26.8 cm³/mol. The Balaban J connectivity index is 3.10. The third-order valence-corrected chi connectivity index (χ3v) is 0.910. The molecule has 0 aliphatic heterocycles. The summed E-state index contributed by atoms with van der Waals surface area (Å²) in [7, 11) is 0. The van der Waals surface area contributed by atoms with Gasteiger partial charge in [0, 0.05) is 0 Å². The van der Waals surface area contributed by atoms with E-state index in [0.717, 1.165) is 0 Å². The maximum Gasteiger partial charge on any atom is 0.345 e. The zero-order valence-electron chi connectivity index (χ0n) is 5.03. The predicted octanol–water partition coefficient (Wildman–Crippen LogP) is 2.02. The SMILES string of the molecule is CCC(C)OC(F)F. The smallest absolute Gasteiger partial charge is 0.320 e. The van der Waals surface area contributed by atoms with E-state index in [2.05, 4.69) is 4.74 Å². The molecule has 0 amide bonds. The van der Waals surface area contributed by atoms with E-state index in [-0.39, 0.29) is 6.10 Å².